The normalized spacial score (nSPS) is 53.6. The van der Waals surface area contributed by atoms with Gasteiger partial charge in [0.15, 0.2) is 12.6 Å². The first-order valence-electron chi connectivity index (χ1n) is 10.1. The molecule has 13 N–H and O–H groups in total. The minimum absolute atomic E-state index is 0.123. The highest BCUT2D eigenvalue weighted by Crippen LogP contribution is 2.31. The summed E-state index contributed by atoms with van der Waals surface area (Å²) >= 11 is 0. The molecule has 1 aliphatic carbocycles. The molecule has 0 bridgehead atoms. The van der Waals surface area contributed by atoms with Crippen molar-refractivity contribution in [2.75, 3.05) is 13.2 Å². The molecular formula is C17H33N3O11. The zero-order chi connectivity index (χ0) is 23.0. The second-order valence-electron chi connectivity index (χ2n) is 8.25. The summed E-state index contributed by atoms with van der Waals surface area (Å²) in [6.07, 6.45) is -14.3. The zero-order valence-electron chi connectivity index (χ0n) is 16.7. The molecule has 14 atom stereocenters. The molecule has 3 rings (SSSR count). The Kier molecular flexibility index (Phi) is 8.21. The van der Waals surface area contributed by atoms with Crippen LogP contribution in [-0.4, -0.2) is 135 Å². The van der Waals surface area contributed by atoms with Crippen molar-refractivity contribution in [3.63, 3.8) is 0 Å². The maximum Gasteiger partial charge on any atom is 0.187 e. The van der Waals surface area contributed by atoms with Gasteiger partial charge in [-0.3, -0.25) is 0 Å². The summed E-state index contributed by atoms with van der Waals surface area (Å²) in [5.41, 5.74) is 18.0. The number of aliphatic hydroxyl groups is 7. The zero-order valence-corrected chi connectivity index (χ0v) is 16.7. The van der Waals surface area contributed by atoms with Gasteiger partial charge in [0.25, 0.3) is 0 Å². The first-order valence-corrected chi connectivity index (χ1v) is 10.1. The van der Waals surface area contributed by atoms with Gasteiger partial charge >= 0.3 is 0 Å². The fraction of sp³-hybridized carbons (Fsp3) is 1.00. The van der Waals surface area contributed by atoms with Crippen LogP contribution in [0.3, 0.4) is 0 Å². The average Bonchev–Trinajstić information content (AvgIpc) is 3.01. The highest BCUT2D eigenvalue weighted by Gasteiger charge is 2.51. The molecular weight excluding hydrogens is 422 g/mol. The Morgan fingerprint density at radius 3 is 1.61 bits per heavy atom. The molecule has 0 amide bonds. The van der Waals surface area contributed by atoms with E-state index in [4.69, 9.17) is 36.1 Å². The van der Waals surface area contributed by atoms with Crippen LogP contribution in [0.25, 0.3) is 0 Å². The van der Waals surface area contributed by atoms with Crippen molar-refractivity contribution < 1.29 is 54.7 Å². The molecule has 31 heavy (non-hydrogen) atoms. The second kappa shape index (κ2) is 10.1. The molecule has 0 radical (unpaired) electrons. The van der Waals surface area contributed by atoms with Gasteiger partial charge in [-0.25, -0.2) is 0 Å². The van der Waals surface area contributed by atoms with E-state index >= 15 is 0 Å². The lowest BCUT2D eigenvalue weighted by Gasteiger charge is -2.46. The van der Waals surface area contributed by atoms with Gasteiger partial charge in [0, 0.05) is 12.1 Å². The molecule has 3 aliphatic rings. The van der Waals surface area contributed by atoms with Crippen LogP contribution in [-0.2, 0) is 18.9 Å². The summed E-state index contributed by atoms with van der Waals surface area (Å²) in [6.45, 7) is -1.16. The van der Waals surface area contributed by atoms with Crippen molar-refractivity contribution in [3.05, 3.63) is 0 Å². The Morgan fingerprint density at radius 1 is 0.645 bits per heavy atom. The van der Waals surface area contributed by atoms with Crippen LogP contribution >= 0.6 is 0 Å². The highest BCUT2D eigenvalue weighted by molar-refractivity contribution is 5.01. The molecule has 1 saturated carbocycles. The SMILES string of the molecule is NC1[C@H](O[C@H]2C(N)C[C@@H](N)C(O[C@@H]3O[C@H](CO)[C@H](O)C3O)[C@H]2O)OC(CO)[C@H](O)[C@@H]1O. The Bertz CT molecular complexity index is 590. The molecule has 0 aromatic rings. The Morgan fingerprint density at radius 2 is 1.10 bits per heavy atom. The van der Waals surface area contributed by atoms with Crippen LogP contribution in [0.2, 0.25) is 0 Å². The smallest absolute Gasteiger partial charge is 0.187 e. The maximum atomic E-state index is 10.8. The molecule has 0 spiro atoms. The van der Waals surface area contributed by atoms with E-state index in [0.717, 1.165) is 0 Å². The minimum Gasteiger partial charge on any atom is -0.394 e. The van der Waals surface area contributed by atoms with Crippen LogP contribution in [0.1, 0.15) is 6.42 Å². The van der Waals surface area contributed by atoms with Gasteiger partial charge in [-0.2, -0.15) is 0 Å². The summed E-state index contributed by atoms with van der Waals surface area (Å²) in [7, 11) is 0. The third-order valence-electron chi connectivity index (χ3n) is 6.07. The topological polar surface area (TPSA) is 257 Å². The molecule has 0 aromatic heterocycles. The average molecular weight is 455 g/mol. The molecule has 14 heteroatoms. The first-order chi connectivity index (χ1) is 14.6. The first kappa shape index (κ1) is 25.1. The number of nitrogens with two attached hydrogens (primary N) is 3. The van der Waals surface area contributed by atoms with Crippen LogP contribution in [0.4, 0.5) is 0 Å². The Labute approximate surface area is 178 Å². The van der Waals surface area contributed by atoms with E-state index < -0.39 is 98.9 Å². The fourth-order valence-corrected chi connectivity index (χ4v) is 4.15. The third kappa shape index (κ3) is 4.87. The van der Waals surface area contributed by atoms with Gasteiger partial charge in [0.05, 0.1) is 19.3 Å². The summed E-state index contributed by atoms with van der Waals surface area (Å²) in [6, 6.07) is -2.78. The molecule has 2 aliphatic heterocycles. The Balaban J connectivity index is 1.70. The van der Waals surface area contributed by atoms with E-state index in [-0.39, 0.29) is 6.42 Å². The largest absolute Gasteiger partial charge is 0.394 e. The summed E-state index contributed by atoms with van der Waals surface area (Å²) in [5, 5.41) is 69.3. The van der Waals surface area contributed by atoms with Gasteiger partial charge in [0.1, 0.15) is 54.9 Å². The number of ether oxygens (including phenoxy) is 4. The standard InChI is InChI=1S/C17H33N3O11/c18-4-1-5(19)15(31-17-12(26)10(24)7(3-22)29-17)13(27)14(4)30-16-8(20)11(25)9(23)6(2-21)28-16/h4-17,21-27H,1-3,18-20H2/t4?,5-,6?,7-,8?,9+,10+,11-,12?,13+,14+,15?,16+,17+/m1/s1. The molecule has 2 saturated heterocycles. The van der Waals surface area contributed by atoms with Crippen LogP contribution in [0.5, 0.6) is 0 Å². The van der Waals surface area contributed by atoms with Crippen molar-refractivity contribution in [2.45, 2.75) is 92.1 Å². The number of aliphatic hydroxyl groups excluding tert-OH is 7. The Hall–Kier alpha value is -0.560. The molecule has 14 nitrogen and oxygen atoms in total. The lowest BCUT2D eigenvalue weighted by Crippen LogP contribution is -2.67. The van der Waals surface area contributed by atoms with Crippen LogP contribution in [0.15, 0.2) is 0 Å². The van der Waals surface area contributed by atoms with Crippen molar-refractivity contribution >= 4 is 0 Å². The van der Waals surface area contributed by atoms with Crippen molar-refractivity contribution in [2.24, 2.45) is 17.2 Å². The summed E-state index contributed by atoms with van der Waals surface area (Å²) in [5.74, 6) is 0. The third-order valence-corrected chi connectivity index (χ3v) is 6.07. The number of rotatable bonds is 6. The van der Waals surface area contributed by atoms with Crippen molar-refractivity contribution in [1.29, 1.82) is 0 Å². The second-order valence-corrected chi connectivity index (χ2v) is 8.25. The molecule has 182 valence electrons. The van der Waals surface area contributed by atoms with E-state index in [1.165, 1.54) is 0 Å². The molecule has 3 fully saturated rings. The van der Waals surface area contributed by atoms with E-state index in [1.807, 2.05) is 0 Å². The van der Waals surface area contributed by atoms with Crippen LogP contribution in [0, 0.1) is 0 Å². The van der Waals surface area contributed by atoms with E-state index in [2.05, 4.69) is 0 Å². The molecule has 5 unspecified atom stereocenters. The summed E-state index contributed by atoms with van der Waals surface area (Å²) < 4.78 is 22.0. The van der Waals surface area contributed by atoms with Crippen LogP contribution < -0.4 is 17.2 Å². The van der Waals surface area contributed by atoms with Gasteiger partial charge in [-0.05, 0) is 6.42 Å². The molecule has 0 aromatic carbocycles. The monoisotopic (exact) mass is 455 g/mol. The van der Waals surface area contributed by atoms with Gasteiger partial charge in [0.2, 0.25) is 0 Å². The predicted octanol–water partition coefficient (Wildman–Crippen LogP) is -6.62. The lowest BCUT2D eigenvalue weighted by molar-refractivity contribution is -0.302. The maximum absolute atomic E-state index is 10.8. The molecule has 2 heterocycles. The van der Waals surface area contributed by atoms with Crippen molar-refractivity contribution in [1.82, 2.24) is 0 Å². The van der Waals surface area contributed by atoms with E-state index in [0.29, 0.717) is 0 Å². The highest BCUT2D eigenvalue weighted by atomic mass is 16.7. The number of hydrogen-bond acceptors (Lipinski definition) is 14. The fourth-order valence-electron chi connectivity index (χ4n) is 4.15. The van der Waals surface area contributed by atoms with Gasteiger partial charge in [-0.15, -0.1) is 0 Å². The predicted molar refractivity (Wildman–Crippen MR) is 99.8 cm³/mol. The van der Waals surface area contributed by atoms with E-state index in [9.17, 15) is 35.7 Å². The van der Waals surface area contributed by atoms with Crippen molar-refractivity contribution in [3.8, 4) is 0 Å². The quantitative estimate of drug-likeness (QED) is 0.179. The minimum atomic E-state index is -1.48. The van der Waals surface area contributed by atoms with Gasteiger partial charge < -0.3 is 71.9 Å². The van der Waals surface area contributed by atoms with E-state index in [1.54, 1.807) is 0 Å². The summed E-state index contributed by atoms with van der Waals surface area (Å²) in [4.78, 5) is 0. The lowest BCUT2D eigenvalue weighted by atomic mass is 9.84. The number of hydrogen-bond donors (Lipinski definition) is 10. The van der Waals surface area contributed by atoms with Gasteiger partial charge in [-0.1, -0.05) is 0 Å².